The molecule has 0 saturated carbocycles. The summed E-state index contributed by atoms with van der Waals surface area (Å²) >= 11 is 0. The summed E-state index contributed by atoms with van der Waals surface area (Å²) in [4.78, 5) is 0. The van der Waals surface area contributed by atoms with Crippen LogP contribution in [0.5, 0.6) is 0 Å². The molecule has 0 bridgehead atoms. The Hall–Kier alpha value is -0.653. The number of hydrogen-bond donors (Lipinski definition) is 0. The molecule has 0 aliphatic heterocycles. The Morgan fingerprint density at radius 1 is 1.18 bits per heavy atom. The molecule has 5 heteroatoms. The molecule has 0 N–H and O–H groups in total. The van der Waals surface area contributed by atoms with Crippen LogP contribution in [0.3, 0.4) is 0 Å². The number of hydrogen-bond acceptors (Lipinski definition) is 3. The first-order valence-corrected chi connectivity index (χ1v) is 10.5. The standard InChI is InChI=1S/C12H20O3SSi/c1-4-10-16(13,14)15-17(2,3)11-12-8-6-5-7-9-12/h5-9H,4,10-11H2,1-3H3. The maximum absolute atomic E-state index is 11.6. The summed E-state index contributed by atoms with van der Waals surface area (Å²) in [5, 5.41) is 0. The van der Waals surface area contributed by atoms with Gasteiger partial charge in [-0.1, -0.05) is 37.3 Å². The van der Waals surface area contributed by atoms with E-state index in [1.165, 1.54) is 0 Å². The molecule has 17 heavy (non-hydrogen) atoms. The molecule has 0 aliphatic carbocycles. The third-order valence-corrected chi connectivity index (χ3v) is 7.27. The van der Waals surface area contributed by atoms with Gasteiger partial charge in [-0.05, 0) is 31.1 Å². The molecule has 1 aromatic carbocycles. The second-order valence-electron chi connectivity index (χ2n) is 4.77. The van der Waals surface area contributed by atoms with E-state index in [-0.39, 0.29) is 5.75 Å². The van der Waals surface area contributed by atoms with Crippen molar-refractivity contribution in [2.75, 3.05) is 5.75 Å². The van der Waals surface area contributed by atoms with E-state index >= 15 is 0 Å². The first kappa shape index (κ1) is 14.4. The van der Waals surface area contributed by atoms with Crippen LogP contribution in [0.4, 0.5) is 0 Å². The van der Waals surface area contributed by atoms with Crippen LogP contribution in [0.25, 0.3) is 0 Å². The van der Waals surface area contributed by atoms with Crippen molar-refractivity contribution in [3.05, 3.63) is 35.9 Å². The second kappa shape index (κ2) is 5.80. The minimum absolute atomic E-state index is 0.109. The summed E-state index contributed by atoms with van der Waals surface area (Å²) in [6.45, 7) is 5.72. The van der Waals surface area contributed by atoms with Crippen LogP contribution < -0.4 is 0 Å². The molecule has 1 rings (SSSR count). The average molecular weight is 272 g/mol. The Labute approximate surface area is 105 Å². The minimum atomic E-state index is -3.35. The first-order valence-electron chi connectivity index (χ1n) is 5.82. The van der Waals surface area contributed by atoms with Gasteiger partial charge in [0.25, 0.3) is 10.1 Å². The van der Waals surface area contributed by atoms with Gasteiger partial charge in [0, 0.05) is 0 Å². The molecular weight excluding hydrogens is 252 g/mol. The summed E-state index contributed by atoms with van der Waals surface area (Å²) in [7, 11) is -5.55. The highest BCUT2D eigenvalue weighted by atomic mass is 32.2. The van der Waals surface area contributed by atoms with Crippen molar-refractivity contribution in [1.82, 2.24) is 0 Å². The third-order valence-electron chi connectivity index (χ3n) is 2.28. The summed E-state index contributed by atoms with van der Waals surface area (Å²) in [5.41, 5.74) is 1.14. The predicted octanol–water partition coefficient (Wildman–Crippen LogP) is 2.73. The molecule has 0 saturated heterocycles. The lowest BCUT2D eigenvalue weighted by atomic mass is 10.2. The monoisotopic (exact) mass is 272 g/mol. The summed E-state index contributed by atoms with van der Waals surface area (Å²) in [5.74, 6) is 0.109. The fourth-order valence-corrected chi connectivity index (χ4v) is 6.79. The van der Waals surface area contributed by atoms with Crippen molar-refractivity contribution in [3.8, 4) is 0 Å². The zero-order chi connectivity index (χ0) is 12.9. The zero-order valence-corrected chi connectivity index (χ0v) is 12.5. The minimum Gasteiger partial charge on any atom is -0.315 e. The topological polar surface area (TPSA) is 43.4 Å². The Morgan fingerprint density at radius 2 is 1.76 bits per heavy atom. The lowest BCUT2D eigenvalue weighted by Gasteiger charge is -2.22. The molecule has 0 radical (unpaired) electrons. The van der Waals surface area contributed by atoms with E-state index in [2.05, 4.69) is 0 Å². The van der Waals surface area contributed by atoms with E-state index in [0.29, 0.717) is 6.42 Å². The Kier molecular flexibility index (Phi) is 4.91. The van der Waals surface area contributed by atoms with Crippen LogP contribution in [-0.2, 0) is 20.0 Å². The van der Waals surface area contributed by atoms with Crippen LogP contribution in [0.15, 0.2) is 30.3 Å². The Morgan fingerprint density at radius 3 is 2.29 bits per heavy atom. The van der Waals surface area contributed by atoms with Crippen molar-refractivity contribution in [1.29, 1.82) is 0 Å². The summed E-state index contributed by atoms with van der Waals surface area (Å²) < 4.78 is 28.7. The summed E-state index contributed by atoms with van der Waals surface area (Å²) in [6, 6.07) is 10.6. The lowest BCUT2D eigenvalue weighted by Crippen LogP contribution is -2.37. The van der Waals surface area contributed by atoms with Crippen LogP contribution in [0.2, 0.25) is 13.1 Å². The Balaban J connectivity index is 2.70. The van der Waals surface area contributed by atoms with Gasteiger partial charge < -0.3 is 3.87 Å². The van der Waals surface area contributed by atoms with Crippen molar-refractivity contribution >= 4 is 18.4 Å². The zero-order valence-electron chi connectivity index (χ0n) is 10.6. The van der Waals surface area contributed by atoms with Gasteiger partial charge in [-0.25, -0.2) is 8.42 Å². The van der Waals surface area contributed by atoms with Crippen molar-refractivity contribution < 1.29 is 12.3 Å². The van der Waals surface area contributed by atoms with E-state index in [1.54, 1.807) is 0 Å². The SMILES string of the molecule is CCCS(=O)(=O)O[Si](C)(C)Cc1ccccc1. The van der Waals surface area contributed by atoms with Crippen molar-refractivity contribution in [2.24, 2.45) is 0 Å². The molecule has 1 aromatic rings. The molecule has 3 nitrogen and oxygen atoms in total. The van der Waals surface area contributed by atoms with Gasteiger partial charge in [-0.2, -0.15) is 0 Å². The molecular formula is C12H20O3SSi. The normalized spacial score (nSPS) is 12.6. The highest BCUT2D eigenvalue weighted by Crippen LogP contribution is 2.16. The highest BCUT2D eigenvalue weighted by molar-refractivity contribution is 7.87. The van der Waals surface area contributed by atoms with Crippen molar-refractivity contribution in [2.45, 2.75) is 32.5 Å². The number of rotatable bonds is 6. The molecule has 0 aromatic heterocycles. The fourth-order valence-electron chi connectivity index (χ4n) is 1.75. The van der Waals surface area contributed by atoms with E-state index < -0.39 is 18.4 Å². The Bertz CT molecular complexity index is 440. The van der Waals surface area contributed by atoms with Gasteiger partial charge in [0.2, 0.25) is 8.32 Å². The summed E-state index contributed by atoms with van der Waals surface area (Å²) in [6.07, 6.45) is 0.595. The van der Waals surface area contributed by atoms with E-state index in [1.807, 2.05) is 50.3 Å². The van der Waals surface area contributed by atoms with Gasteiger partial charge in [0.15, 0.2) is 0 Å². The lowest BCUT2D eigenvalue weighted by molar-refractivity contribution is 0.480. The smallest absolute Gasteiger partial charge is 0.257 e. The molecule has 96 valence electrons. The van der Waals surface area contributed by atoms with Gasteiger partial charge in [0.05, 0.1) is 5.75 Å². The highest BCUT2D eigenvalue weighted by Gasteiger charge is 2.29. The molecule has 0 spiro atoms. The molecule has 0 amide bonds. The van der Waals surface area contributed by atoms with E-state index in [4.69, 9.17) is 3.87 Å². The largest absolute Gasteiger partial charge is 0.315 e. The predicted molar refractivity (Wildman–Crippen MR) is 72.8 cm³/mol. The number of benzene rings is 1. The van der Waals surface area contributed by atoms with Gasteiger partial charge in [-0.15, -0.1) is 0 Å². The van der Waals surface area contributed by atoms with E-state index in [0.717, 1.165) is 11.6 Å². The van der Waals surface area contributed by atoms with Crippen LogP contribution >= 0.6 is 0 Å². The van der Waals surface area contributed by atoms with Crippen molar-refractivity contribution in [3.63, 3.8) is 0 Å². The fraction of sp³-hybridized carbons (Fsp3) is 0.500. The van der Waals surface area contributed by atoms with Crippen LogP contribution in [-0.4, -0.2) is 22.5 Å². The van der Waals surface area contributed by atoms with Gasteiger partial charge in [-0.3, -0.25) is 0 Å². The molecule has 0 fully saturated rings. The van der Waals surface area contributed by atoms with Gasteiger partial charge >= 0.3 is 0 Å². The third kappa shape index (κ3) is 5.47. The molecule has 0 atom stereocenters. The quantitative estimate of drug-likeness (QED) is 0.748. The second-order valence-corrected chi connectivity index (χ2v) is 10.8. The van der Waals surface area contributed by atoms with Gasteiger partial charge in [0.1, 0.15) is 0 Å². The molecule has 0 aliphatic rings. The first-order chi connectivity index (χ1) is 7.85. The maximum Gasteiger partial charge on any atom is 0.257 e. The average Bonchev–Trinajstić information content (AvgIpc) is 2.15. The molecule has 0 heterocycles. The van der Waals surface area contributed by atoms with Crippen LogP contribution in [0.1, 0.15) is 18.9 Å². The maximum atomic E-state index is 11.6. The molecule has 0 unspecified atom stereocenters. The van der Waals surface area contributed by atoms with E-state index in [9.17, 15) is 8.42 Å². The van der Waals surface area contributed by atoms with Crippen LogP contribution in [0, 0.1) is 0 Å².